The lowest BCUT2D eigenvalue weighted by molar-refractivity contribution is 0.601. The Kier molecular flexibility index (Phi) is 5.30. The van der Waals surface area contributed by atoms with E-state index in [1.165, 1.54) is 6.26 Å². The minimum absolute atomic E-state index is 0.0288. The molecule has 2 rings (SSSR count). The Balaban J connectivity index is 2.60. The van der Waals surface area contributed by atoms with E-state index in [1.807, 2.05) is 0 Å². The molecular formula is C16H14Cl2N2O2S. The van der Waals surface area contributed by atoms with Gasteiger partial charge in [-0.2, -0.15) is 5.26 Å². The molecule has 1 aromatic heterocycles. The van der Waals surface area contributed by atoms with Crippen LogP contribution in [0.25, 0.3) is 11.3 Å². The van der Waals surface area contributed by atoms with Gasteiger partial charge in [0.1, 0.15) is 15.9 Å². The van der Waals surface area contributed by atoms with Gasteiger partial charge in [0.2, 0.25) is 0 Å². The fourth-order valence-corrected chi connectivity index (χ4v) is 3.32. The Morgan fingerprint density at radius 1 is 1.26 bits per heavy atom. The average Bonchev–Trinajstić information content (AvgIpc) is 2.43. The molecule has 0 atom stereocenters. The summed E-state index contributed by atoms with van der Waals surface area (Å²) in [6.07, 6.45) is 1.42. The van der Waals surface area contributed by atoms with E-state index in [2.05, 4.69) is 11.1 Å². The van der Waals surface area contributed by atoms with Crippen LogP contribution >= 0.6 is 23.2 Å². The SMILES string of the molecule is Cc1cc(CCS(C)(=O)=O)c(C#N)c(-c2ccc(Cl)cc2Cl)n1. The highest BCUT2D eigenvalue weighted by molar-refractivity contribution is 7.90. The van der Waals surface area contributed by atoms with Gasteiger partial charge in [-0.1, -0.05) is 23.2 Å². The topological polar surface area (TPSA) is 70.8 Å². The monoisotopic (exact) mass is 368 g/mol. The second kappa shape index (κ2) is 6.88. The van der Waals surface area contributed by atoms with Crippen molar-refractivity contribution in [1.82, 2.24) is 4.98 Å². The fraction of sp³-hybridized carbons (Fsp3) is 0.250. The summed E-state index contributed by atoms with van der Waals surface area (Å²) in [6, 6.07) is 8.81. The van der Waals surface area contributed by atoms with Gasteiger partial charge in [0, 0.05) is 22.5 Å². The third kappa shape index (κ3) is 4.44. The first-order chi connectivity index (χ1) is 10.7. The first-order valence-corrected chi connectivity index (χ1v) is 9.56. The summed E-state index contributed by atoms with van der Waals surface area (Å²) in [6.45, 7) is 1.79. The summed E-state index contributed by atoms with van der Waals surface area (Å²) in [5.74, 6) is -0.0288. The van der Waals surface area contributed by atoms with Crippen LogP contribution in [0.4, 0.5) is 0 Å². The number of halogens is 2. The van der Waals surface area contributed by atoms with Gasteiger partial charge in [0.25, 0.3) is 0 Å². The maximum absolute atomic E-state index is 11.4. The molecule has 0 aliphatic heterocycles. The summed E-state index contributed by atoms with van der Waals surface area (Å²) in [5, 5.41) is 10.4. The van der Waals surface area contributed by atoms with Crippen molar-refractivity contribution in [2.45, 2.75) is 13.3 Å². The normalized spacial score (nSPS) is 11.3. The quantitative estimate of drug-likeness (QED) is 0.821. The minimum atomic E-state index is -3.12. The number of benzene rings is 1. The van der Waals surface area contributed by atoms with Crippen molar-refractivity contribution in [3.8, 4) is 17.3 Å². The smallest absolute Gasteiger partial charge is 0.147 e. The predicted octanol–water partition coefficient (Wildman–Crippen LogP) is 3.82. The lowest BCUT2D eigenvalue weighted by Gasteiger charge is -2.12. The van der Waals surface area contributed by atoms with Crippen molar-refractivity contribution in [1.29, 1.82) is 5.26 Å². The molecule has 0 bridgehead atoms. The van der Waals surface area contributed by atoms with Crippen molar-refractivity contribution >= 4 is 33.0 Å². The van der Waals surface area contributed by atoms with E-state index in [9.17, 15) is 13.7 Å². The number of sulfone groups is 1. The van der Waals surface area contributed by atoms with Gasteiger partial charge in [-0.05, 0) is 43.2 Å². The number of nitriles is 1. The predicted molar refractivity (Wildman–Crippen MR) is 92.6 cm³/mol. The molecule has 0 spiro atoms. The van der Waals surface area contributed by atoms with Crippen LogP contribution in [0, 0.1) is 18.3 Å². The van der Waals surface area contributed by atoms with Gasteiger partial charge >= 0.3 is 0 Å². The van der Waals surface area contributed by atoms with Crippen LogP contribution in [0.15, 0.2) is 24.3 Å². The second-order valence-electron chi connectivity index (χ2n) is 5.26. The molecule has 0 N–H and O–H groups in total. The molecule has 23 heavy (non-hydrogen) atoms. The highest BCUT2D eigenvalue weighted by Gasteiger charge is 2.17. The zero-order chi connectivity index (χ0) is 17.2. The Labute approximate surface area is 145 Å². The van der Waals surface area contributed by atoms with Crippen LogP contribution < -0.4 is 0 Å². The lowest BCUT2D eigenvalue weighted by atomic mass is 9.99. The number of aryl methyl sites for hydroxylation is 2. The summed E-state index contributed by atoms with van der Waals surface area (Å²) in [5.41, 5.74) is 2.71. The van der Waals surface area contributed by atoms with Gasteiger partial charge in [-0.25, -0.2) is 8.42 Å². The molecule has 0 amide bonds. The Bertz CT molecular complexity index is 903. The van der Waals surface area contributed by atoms with E-state index in [1.54, 1.807) is 31.2 Å². The van der Waals surface area contributed by atoms with Gasteiger partial charge in [-0.3, -0.25) is 4.98 Å². The summed E-state index contributed by atoms with van der Waals surface area (Å²) in [4.78, 5) is 4.41. The standard InChI is InChI=1S/C16H14Cl2N2O2S/c1-10-7-11(5-6-23(2,21)22)14(9-19)16(20-10)13-4-3-12(17)8-15(13)18/h3-4,7-8H,5-6H2,1-2H3. The molecule has 0 aliphatic carbocycles. The van der Waals surface area contributed by atoms with Crippen LogP contribution in [0.1, 0.15) is 16.8 Å². The highest BCUT2D eigenvalue weighted by Crippen LogP contribution is 2.32. The van der Waals surface area contributed by atoms with Crippen molar-refractivity contribution in [2.75, 3.05) is 12.0 Å². The second-order valence-corrected chi connectivity index (χ2v) is 8.37. The van der Waals surface area contributed by atoms with Crippen LogP contribution in [-0.2, 0) is 16.3 Å². The number of aromatic nitrogens is 1. The molecule has 0 saturated heterocycles. The van der Waals surface area contributed by atoms with Gasteiger partial charge in [0.15, 0.2) is 0 Å². The summed E-state index contributed by atoms with van der Waals surface area (Å²) in [7, 11) is -3.12. The molecule has 2 aromatic rings. The number of rotatable bonds is 4. The number of hydrogen-bond donors (Lipinski definition) is 0. The van der Waals surface area contributed by atoms with Crippen molar-refractivity contribution < 1.29 is 8.42 Å². The van der Waals surface area contributed by atoms with Crippen molar-refractivity contribution in [3.63, 3.8) is 0 Å². The highest BCUT2D eigenvalue weighted by atomic mass is 35.5. The van der Waals surface area contributed by atoms with E-state index < -0.39 is 9.84 Å². The molecule has 1 aromatic carbocycles. The third-order valence-corrected chi connectivity index (χ3v) is 4.76. The Hall–Kier alpha value is -1.61. The van der Waals surface area contributed by atoms with Crippen molar-refractivity contribution in [2.24, 2.45) is 0 Å². The van der Waals surface area contributed by atoms with E-state index in [0.717, 1.165) is 0 Å². The van der Waals surface area contributed by atoms with Gasteiger partial charge in [-0.15, -0.1) is 0 Å². The van der Waals surface area contributed by atoms with Crippen LogP contribution in [0.3, 0.4) is 0 Å². The molecule has 0 fully saturated rings. The van der Waals surface area contributed by atoms with Crippen molar-refractivity contribution in [3.05, 3.63) is 51.1 Å². The summed E-state index contributed by atoms with van der Waals surface area (Å²) >= 11 is 12.1. The molecule has 7 heteroatoms. The van der Waals surface area contributed by atoms with E-state index in [4.69, 9.17) is 23.2 Å². The number of pyridine rings is 1. The van der Waals surface area contributed by atoms with E-state index >= 15 is 0 Å². The number of hydrogen-bond acceptors (Lipinski definition) is 4. The first kappa shape index (κ1) is 17.7. The van der Waals surface area contributed by atoms with Gasteiger partial charge in [0.05, 0.1) is 22.0 Å². The van der Waals surface area contributed by atoms with E-state index in [0.29, 0.717) is 38.1 Å². The minimum Gasteiger partial charge on any atom is -0.252 e. The maximum atomic E-state index is 11.4. The zero-order valence-corrected chi connectivity index (χ0v) is 14.9. The van der Waals surface area contributed by atoms with E-state index in [-0.39, 0.29) is 12.2 Å². The zero-order valence-electron chi connectivity index (χ0n) is 12.6. The molecular weight excluding hydrogens is 355 g/mol. The molecule has 0 unspecified atom stereocenters. The lowest BCUT2D eigenvalue weighted by Crippen LogP contribution is -2.08. The molecule has 0 saturated carbocycles. The molecule has 0 radical (unpaired) electrons. The Morgan fingerprint density at radius 3 is 2.52 bits per heavy atom. The van der Waals surface area contributed by atoms with Gasteiger partial charge < -0.3 is 0 Å². The maximum Gasteiger partial charge on any atom is 0.147 e. The molecule has 120 valence electrons. The first-order valence-electron chi connectivity index (χ1n) is 6.75. The third-order valence-electron chi connectivity index (χ3n) is 3.27. The average molecular weight is 369 g/mol. The molecule has 0 aliphatic rings. The molecule has 1 heterocycles. The fourth-order valence-electron chi connectivity index (χ4n) is 2.23. The Morgan fingerprint density at radius 2 is 1.96 bits per heavy atom. The molecule has 4 nitrogen and oxygen atoms in total. The summed E-state index contributed by atoms with van der Waals surface area (Å²) < 4.78 is 22.8. The largest absolute Gasteiger partial charge is 0.252 e. The van der Waals surface area contributed by atoms with Crippen LogP contribution in [0.2, 0.25) is 10.0 Å². The van der Waals surface area contributed by atoms with Crippen LogP contribution in [-0.4, -0.2) is 25.4 Å². The van der Waals surface area contributed by atoms with Crippen LogP contribution in [0.5, 0.6) is 0 Å². The number of nitrogens with zero attached hydrogens (tertiary/aromatic N) is 2.